The first-order chi connectivity index (χ1) is 17.9. The van der Waals surface area contributed by atoms with E-state index in [2.05, 4.69) is 20.0 Å². The van der Waals surface area contributed by atoms with Crippen molar-refractivity contribution < 1.29 is 33.0 Å². The molecule has 0 spiro atoms. The number of fused-ring (bicyclic) bond motifs is 1. The minimum Gasteiger partial charge on any atom is -0.462 e. The highest BCUT2D eigenvalue weighted by Gasteiger charge is 2.53. The van der Waals surface area contributed by atoms with Crippen LogP contribution in [0, 0.1) is 0 Å². The SMILES string of the molecule is CC(C)OC(=O)[C@@H](C)NP(=O)(OC[C@H]1O[C@@H](n2cnc3c(N)ncnc32)[C@](C)(N)[C@@H]1O)Oc1ccccc1. The molecule has 2 aromatic heterocycles. The topological polar surface area (TPSA) is 199 Å². The third kappa shape index (κ3) is 5.80. The van der Waals surface area contributed by atoms with E-state index in [0.29, 0.717) is 11.2 Å². The Kier molecular flexibility index (Phi) is 8.02. The summed E-state index contributed by atoms with van der Waals surface area (Å²) in [7, 11) is -4.18. The summed E-state index contributed by atoms with van der Waals surface area (Å²) in [6.07, 6.45) is -0.856. The highest BCUT2D eigenvalue weighted by Crippen LogP contribution is 2.47. The monoisotopic (exact) mass is 549 g/mol. The van der Waals surface area contributed by atoms with Crippen LogP contribution in [0.1, 0.15) is 33.9 Å². The van der Waals surface area contributed by atoms with Gasteiger partial charge in [-0.05, 0) is 39.8 Å². The van der Waals surface area contributed by atoms with Gasteiger partial charge in [0.2, 0.25) is 0 Å². The molecule has 1 aliphatic rings. The first-order valence-corrected chi connectivity index (χ1v) is 13.5. The van der Waals surface area contributed by atoms with Gasteiger partial charge in [0.15, 0.2) is 17.7 Å². The molecule has 0 aliphatic carbocycles. The summed E-state index contributed by atoms with van der Waals surface area (Å²) in [4.78, 5) is 24.7. The van der Waals surface area contributed by atoms with Crippen LogP contribution in [0.15, 0.2) is 43.0 Å². The summed E-state index contributed by atoms with van der Waals surface area (Å²) in [6, 6.07) is 7.28. The van der Waals surface area contributed by atoms with Crippen molar-refractivity contribution in [3.8, 4) is 5.75 Å². The fraction of sp³-hybridized carbons (Fsp3) is 0.478. The zero-order chi connectivity index (χ0) is 27.7. The molecule has 15 heteroatoms. The van der Waals surface area contributed by atoms with Crippen LogP contribution in [0.3, 0.4) is 0 Å². The Morgan fingerprint density at radius 1 is 1.26 bits per heavy atom. The Morgan fingerprint density at radius 3 is 2.66 bits per heavy atom. The van der Waals surface area contributed by atoms with Gasteiger partial charge in [0.25, 0.3) is 0 Å². The first kappa shape index (κ1) is 27.9. The molecule has 1 saturated heterocycles. The number of aliphatic hydroxyl groups excluding tert-OH is 1. The van der Waals surface area contributed by atoms with Gasteiger partial charge in [0.05, 0.1) is 24.6 Å². The van der Waals surface area contributed by atoms with E-state index >= 15 is 0 Å². The zero-order valence-corrected chi connectivity index (χ0v) is 22.3. The van der Waals surface area contributed by atoms with Crippen molar-refractivity contribution in [1.29, 1.82) is 0 Å². The van der Waals surface area contributed by atoms with Crippen LogP contribution in [0.5, 0.6) is 5.75 Å². The second-order valence-electron chi connectivity index (χ2n) is 9.45. The van der Waals surface area contributed by atoms with Gasteiger partial charge in [-0.2, -0.15) is 5.09 Å². The number of esters is 1. The molecule has 4 rings (SSSR count). The van der Waals surface area contributed by atoms with E-state index in [1.165, 1.54) is 19.6 Å². The molecule has 206 valence electrons. The maximum atomic E-state index is 13.8. The van der Waals surface area contributed by atoms with E-state index < -0.39 is 50.3 Å². The smallest absolute Gasteiger partial charge is 0.459 e. The molecule has 38 heavy (non-hydrogen) atoms. The van der Waals surface area contributed by atoms with Gasteiger partial charge in [-0.1, -0.05) is 18.2 Å². The summed E-state index contributed by atoms with van der Waals surface area (Å²) in [5.41, 5.74) is 11.8. The van der Waals surface area contributed by atoms with E-state index in [-0.39, 0.29) is 17.7 Å². The number of imidazole rings is 1. The molecular formula is C23H32N7O7P. The standard InChI is InChI=1S/C23H32N7O7P/c1-13(2)35-21(32)14(3)29-38(33,37-15-8-6-5-7-9-15)34-10-16-18(31)23(4,25)22(36-16)30-12-28-17-19(24)26-11-27-20(17)30/h5-9,11-14,16,18,22,31H,10,25H2,1-4H3,(H,29,33)(H2,24,26,27)/t14-,16-,18-,22-,23-,38?/m1/s1. The number of nitrogens with zero attached hydrogens (tertiary/aromatic N) is 4. The van der Waals surface area contributed by atoms with Gasteiger partial charge in [-0.25, -0.2) is 19.5 Å². The highest BCUT2D eigenvalue weighted by molar-refractivity contribution is 7.52. The molecular weight excluding hydrogens is 517 g/mol. The van der Waals surface area contributed by atoms with Gasteiger partial charge < -0.3 is 30.6 Å². The van der Waals surface area contributed by atoms with Crippen molar-refractivity contribution in [2.24, 2.45) is 5.73 Å². The van der Waals surface area contributed by atoms with Crippen molar-refractivity contribution in [2.75, 3.05) is 12.3 Å². The first-order valence-electron chi connectivity index (χ1n) is 11.9. The predicted octanol–water partition coefficient (Wildman–Crippen LogP) is 1.52. The number of nitrogen functional groups attached to an aromatic ring is 1. The average Bonchev–Trinajstić information content (AvgIpc) is 3.37. The Balaban J connectivity index is 1.54. The number of para-hydroxylation sites is 1. The Hall–Kier alpha value is -3.13. The van der Waals surface area contributed by atoms with Crippen LogP contribution in [0.25, 0.3) is 11.2 Å². The number of nitrogens with one attached hydrogen (secondary N) is 1. The summed E-state index contributed by atoms with van der Waals surface area (Å²) < 4.78 is 37.9. The lowest BCUT2D eigenvalue weighted by Gasteiger charge is -2.28. The molecule has 6 N–H and O–H groups in total. The van der Waals surface area contributed by atoms with Gasteiger partial charge in [-0.15, -0.1) is 0 Å². The van der Waals surface area contributed by atoms with Crippen LogP contribution in [-0.4, -0.2) is 67.1 Å². The Labute approximate surface area is 219 Å². The number of aliphatic hydroxyl groups is 1. The van der Waals surface area contributed by atoms with Crippen LogP contribution in [-0.2, 0) is 23.4 Å². The Morgan fingerprint density at radius 2 is 1.97 bits per heavy atom. The number of hydrogen-bond acceptors (Lipinski definition) is 12. The molecule has 0 bridgehead atoms. The number of nitrogens with two attached hydrogens (primary N) is 2. The van der Waals surface area contributed by atoms with Crippen molar-refractivity contribution in [1.82, 2.24) is 24.6 Å². The molecule has 3 heterocycles. The Bertz CT molecular complexity index is 1320. The molecule has 6 atom stereocenters. The minimum absolute atomic E-state index is 0.182. The molecule has 1 unspecified atom stereocenters. The van der Waals surface area contributed by atoms with E-state index in [4.69, 9.17) is 30.0 Å². The van der Waals surface area contributed by atoms with Crippen LogP contribution >= 0.6 is 7.75 Å². The second-order valence-corrected chi connectivity index (χ2v) is 11.1. The van der Waals surface area contributed by atoms with Gasteiger partial charge in [0, 0.05) is 0 Å². The number of ether oxygens (including phenoxy) is 2. The van der Waals surface area contributed by atoms with E-state index in [0.717, 1.165) is 0 Å². The molecule has 1 aromatic carbocycles. The summed E-state index contributed by atoms with van der Waals surface area (Å²) in [5, 5.41) is 13.6. The quantitative estimate of drug-likeness (QED) is 0.210. The van der Waals surface area contributed by atoms with E-state index in [9.17, 15) is 14.5 Å². The number of benzene rings is 1. The third-order valence-corrected chi connectivity index (χ3v) is 7.54. The third-order valence-electron chi connectivity index (χ3n) is 5.90. The largest absolute Gasteiger partial charge is 0.462 e. The number of aromatic nitrogens is 4. The number of anilines is 1. The lowest BCUT2D eigenvalue weighted by molar-refractivity contribution is -0.149. The van der Waals surface area contributed by atoms with Crippen LogP contribution < -0.4 is 21.1 Å². The molecule has 14 nitrogen and oxygen atoms in total. The highest BCUT2D eigenvalue weighted by atomic mass is 31.2. The summed E-state index contributed by atoms with van der Waals surface area (Å²) >= 11 is 0. The molecule has 0 saturated carbocycles. The zero-order valence-electron chi connectivity index (χ0n) is 21.4. The fourth-order valence-electron chi connectivity index (χ4n) is 3.98. The lowest BCUT2D eigenvalue weighted by Crippen LogP contribution is -2.52. The number of carbonyl (C=O) groups is 1. The van der Waals surface area contributed by atoms with Gasteiger partial charge >= 0.3 is 13.7 Å². The lowest BCUT2D eigenvalue weighted by atomic mass is 9.93. The maximum Gasteiger partial charge on any atom is 0.459 e. The minimum atomic E-state index is -4.18. The van der Waals surface area contributed by atoms with E-state index in [1.54, 1.807) is 55.7 Å². The van der Waals surface area contributed by atoms with E-state index in [1.807, 2.05) is 0 Å². The fourth-order valence-corrected chi connectivity index (χ4v) is 5.48. The molecule has 0 amide bonds. The van der Waals surface area contributed by atoms with Crippen LogP contribution in [0.2, 0.25) is 0 Å². The second kappa shape index (κ2) is 10.9. The molecule has 0 radical (unpaired) electrons. The normalized spacial score (nSPS) is 25.8. The molecule has 3 aromatic rings. The maximum absolute atomic E-state index is 13.8. The van der Waals surface area contributed by atoms with Crippen molar-refractivity contribution >= 4 is 30.7 Å². The van der Waals surface area contributed by atoms with Gasteiger partial charge in [-0.3, -0.25) is 13.9 Å². The predicted molar refractivity (Wildman–Crippen MR) is 137 cm³/mol. The van der Waals surface area contributed by atoms with Crippen LogP contribution in [0.4, 0.5) is 5.82 Å². The van der Waals surface area contributed by atoms with Crippen molar-refractivity contribution in [3.63, 3.8) is 0 Å². The molecule has 1 fully saturated rings. The van der Waals surface area contributed by atoms with Crippen molar-refractivity contribution in [2.45, 2.75) is 63.8 Å². The number of carbonyl (C=O) groups excluding carboxylic acids is 1. The summed E-state index contributed by atoms with van der Waals surface area (Å²) in [5.74, 6) is -0.217. The summed E-state index contributed by atoms with van der Waals surface area (Å²) in [6.45, 7) is 6.08. The number of rotatable bonds is 10. The van der Waals surface area contributed by atoms with Gasteiger partial charge in [0.1, 0.15) is 35.8 Å². The number of hydrogen-bond donors (Lipinski definition) is 4. The molecule has 1 aliphatic heterocycles. The average molecular weight is 550 g/mol. The van der Waals surface area contributed by atoms with Crippen molar-refractivity contribution in [3.05, 3.63) is 43.0 Å².